The van der Waals surface area contributed by atoms with E-state index in [9.17, 15) is 4.79 Å². The van der Waals surface area contributed by atoms with E-state index in [1.807, 2.05) is 11.8 Å². The smallest absolute Gasteiger partial charge is 0.320 e. The Morgan fingerprint density at radius 1 is 1.67 bits per heavy atom. The summed E-state index contributed by atoms with van der Waals surface area (Å²) in [5.74, 6) is 2.40. The molecule has 0 saturated carbocycles. The third-order valence-electron chi connectivity index (χ3n) is 2.82. The van der Waals surface area contributed by atoms with E-state index in [0.717, 1.165) is 25.8 Å². The van der Waals surface area contributed by atoms with Crippen molar-refractivity contribution in [2.75, 3.05) is 18.1 Å². The molecular formula is C11H21NO2S. The molecule has 1 saturated heterocycles. The van der Waals surface area contributed by atoms with Crippen molar-refractivity contribution in [2.45, 2.75) is 38.6 Å². The van der Waals surface area contributed by atoms with Crippen LogP contribution in [0, 0.1) is 5.92 Å². The number of thioether (sulfide) groups is 1. The first kappa shape index (κ1) is 12.8. The second-order valence-corrected chi connectivity index (χ2v) is 5.32. The van der Waals surface area contributed by atoms with Gasteiger partial charge in [-0.3, -0.25) is 4.79 Å². The predicted octanol–water partition coefficient (Wildman–Crippen LogP) is 1.97. The van der Waals surface area contributed by atoms with Gasteiger partial charge in [-0.25, -0.2) is 0 Å². The van der Waals surface area contributed by atoms with Crippen molar-refractivity contribution >= 4 is 17.7 Å². The second kappa shape index (κ2) is 7.12. The Balaban J connectivity index is 2.20. The predicted molar refractivity (Wildman–Crippen MR) is 64.4 cm³/mol. The van der Waals surface area contributed by atoms with Crippen LogP contribution in [-0.4, -0.2) is 35.2 Å². The molecule has 0 radical (unpaired) electrons. The average molecular weight is 231 g/mol. The zero-order valence-corrected chi connectivity index (χ0v) is 10.2. The third kappa shape index (κ3) is 4.89. The maximum absolute atomic E-state index is 10.9. The number of hydrogen-bond donors (Lipinski definition) is 2. The third-order valence-corrected chi connectivity index (χ3v) is 4.05. The van der Waals surface area contributed by atoms with Crippen molar-refractivity contribution in [2.24, 2.45) is 5.92 Å². The Hall–Kier alpha value is -0.220. The van der Waals surface area contributed by atoms with Crippen LogP contribution in [0.2, 0.25) is 0 Å². The normalized spacial score (nSPS) is 22.9. The van der Waals surface area contributed by atoms with Gasteiger partial charge in [0.25, 0.3) is 0 Å². The first-order chi connectivity index (χ1) is 7.24. The van der Waals surface area contributed by atoms with Gasteiger partial charge in [0, 0.05) is 0 Å². The van der Waals surface area contributed by atoms with E-state index in [2.05, 4.69) is 12.2 Å². The molecule has 0 aromatic carbocycles. The van der Waals surface area contributed by atoms with Crippen molar-refractivity contribution in [1.29, 1.82) is 0 Å². The summed E-state index contributed by atoms with van der Waals surface area (Å²) in [7, 11) is 0. The van der Waals surface area contributed by atoms with Gasteiger partial charge in [0.05, 0.1) is 0 Å². The van der Waals surface area contributed by atoms with Crippen LogP contribution in [0.4, 0.5) is 0 Å². The van der Waals surface area contributed by atoms with Gasteiger partial charge >= 0.3 is 5.97 Å². The quantitative estimate of drug-likeness (QED) is 0.703. The van der Waals surface area contributed by atoms with Crippen LogP contribution >= 0.6 is 11.8 Å². The Morgan fingerprint density at radius 2 is 2.47 bits per heavy atom. The Kier molecular flexibility index (Phi) is 6.10. The molecule has 2 atom stereocenters. The van der Waals surface area contributed by atoms with Crippen LogP contribution in [0.15, 0.2) is 0 Å². The molecule has 2 N–H and O–H groups in total. The summed E-state index contributed by atoms with van der Waals surface area (Å²) < 4.78 is 0. The SMILES string of the molecule is CCCCC(NCC1CCSC1)C(=O)O. The Bertz CT molecular complexity index is 193. The number of unbranched alkanes of at least 4 members (excludes halogenated alkanes) is 1. The summed E-state index contributed by atoms with van der Waals surface area (Å²) >= 11 is 1.97. The summed E-state index contributed by atoms with van der Waals surface area (Å²) in [5.41, 5.74) is 0. The summed E-state index contributed by atoms with van der Waals surface area (Å²) in [6.07, 6.45) is 4.04. The number of rotatable bonds is 7. The minimum absolute atomic E-state index is 0.337. The lowest BCUT2D eigenvalue weighted by molar-refractivity contribution is -0.139. The van der Waals surface area contributed by atoms with Crippen molar-refractivity contribution < 1.29 is 9.90 Å². The minimum Gasteiger partial charge on any atom is -0.480 e. The zero-order chi connectivity index (χ0) is 11.1. The van der Waals surface area contributed by atoms with Gasteiger partial charge in [-0.2, -0.15) is 11.8 Å². The first-order valence-corrected chi connectivity index (χ1v) is 6.93. The molecule has 88 valence electrons. The van der Waals surface area contributed by atoms with E-state index < -0.39 is 5.97 Å². The molecule has 1 heterocycles. The molecule has 15 heavy (non-hydrogen) atoms. The number of carbonyl (C=O) groups is 1. The molecule has 0 aliphatic carbocycles. The van der Waals surface area contributed by atoms with E-state index in [0.29, 0.717) is 5.92 Å². The maximum Gasteiger partial charge on any atom is 0.320 e. The van der Waals surface area contributed by atoms with Crippen molar-refractivity contribution in [1.82, 2.24) is 5.32 Å². The standard InChI is InChI=1S/C11H21NO2S/c1-2-3-4-10(11(13)14)12-7-9-5-6-15-8-9/h9-10,12H,2-8H2,1H3,(H,13,14). The number of aliphatic carboxylic acids is 1. The first-order valence-electron chi connectivity index (χ1n) is 5.78. The van der Waals surface area contributed by atoms with Crippen molar-refractivity contribution in [3.05, 3.63) is 0 Å². The number of carboxylic acids is 1. The Morgan fingerprint density at radius 3 is 3.00 bits per heavy atom. The van der Waals surface area contributed by atoms with Crippen LogP contribution in [-0.2, 0) is 4.79 Å². The lowest BCUT2D eigenvalue weighted by atomic mass is 10.1. The maximum atomic E-state index is 10.9. The van der Waals surface area contributed by atoms with Crippen LogP contribution in [0.25, 0.3) is 0 Å². The molecule has 0 aromatic heterocycles. The monoisotopic (exact) mass is 231 g/mol. The molecule has 0 amide bonds. The molecule has 2 unspecified atom stereocenters. The van der Waals surface area contributed by atoms with Gasteiger partial charge in [-0.05, 0) is 36.8 Å². The highest BCUT2D eigenvalue weighted by molar-refractivity contribution is 7.99. The zero-order valence-electron chi connectivity index (χ0n) is 9.37. The second-order valence-electron chi connectivity index (χ2n) is 4.17. The van der Waals surface area contributed by atoms with Crippen LogP contribution in [0.1, 0.15) is 32.6 Å². The van der Waals surface area contributed by atoms with E-state index >= 15 is 0 Å². The Labute approximate surface area is 96.0 Å². The fourth-order valence-electron chi connectivity index (χ4n) is 1.77. The summed E-state index contributed by atoms with van der Waals surface area (Å²) in [4.78, 5) is 10.9. The summed E-state index contributed by atoms with van der Waals surface area (Å²) in [6.45, 7) is 2.96. The van der Waals surface area contributed by atoms with Crippen LogP contribution < -0.4 is 5.32 Å². The van der Waals surface area contributed by atoms with Gasteiger partial charge < -0.3 is 10.4 Å². The molecule has 0 bridgehead atoms. The molecule has 1 aliphatic rings. The van der Waals surface area contributed by atoms with Crippen LogP contribution in [0.3, 0.4) is 0 Å². The van der Waals surface area contributed by atoms with E-state index in [1.165, 1.54) is 17.9 Å². The van der Waals surface area contributed by atoms with Gasteiger partial charge in [-0.15, -0.1) is 0 Å². The lowest BCUT2D eigenvalue weighted by Gasteiger charge is -2.16. The van der Waals surface area contributed by atoms with Gasteiger partial charge in [0.2, 0.25) is 0 Å². The molecule has 1 rings (SSSR count). The number of carboxylic acid groups (broad SMARTS) is 1. The lowest BCUT2D eigenvalue weighted by Crippen LogP contribution is -2.39. The van der Waals surface area contributed by atoms with Gasteiger partial charge in [0.15, 0.2) is 0 Å². The highest BCUT2D eigenvalue weighted by Crippen LogP contribution is 2.22. The fourth-order valence-corrected chi connectivity index (χ4v) is 3.06. The average Bonchev–Trinajstić information content (AvgIpc) is 2.70. The highest BCUT2D eigenvalue weighted by Gasteiger charge is 2.20. The largest absolute Gasteiger partial charge is 0.480 e. The fraction of sp³-hybridized carbons (Fsp3) is 0.909. The van der Waals surface area contributed by atoms with Crippen molar-refractivity contribution in [3.63, 3.8) is 0 Å². The molecule has 1 fully saturated rings. The molecule has 1 aliphatic heterocycles. The molecular weight excluding hydrogens is 210 g/mol. The highest BCUT2D eigenvalue weighted by atomic mass is 32.2. The van der Waals surface area contributed by atoms with Crippen molar-refractivity contribution in [3.8, 4) is 0 Å². The number of hydrogen-bond acceptors (Lipinski definition) is 3. The summed E-state index contributed by atoms with van der Waals surface area (Å²) in [5, 5.41) is 12.2. The van der Waals surface area contributed by atoms with E-state index in [1.54, 1.807) is 0 Å². The van der Waals surface area contributed by atoms with Crippen LogP contribution in [0.5, 0.6) is 0 Å². The minimum atomic E-state index is -0.700. The molecule has 4 heteroatoms. The van der Waals surface area contributed by atoms with Gasteiger partial charge in [-0.1, -0.05) is 19.8 Å². The molecule has 0 aromatic rings. The van der Waals surface area contributed by atoms with Gasteiger partial charge in [0.1, 0.15) is 6.04 Å². The van der Waals surface area contributed by atoms with E-state index in [4.69, 9.17) is 5.11 Å². The number of nitrogens with one attached hydrogen (secondary N) is 1. The van der Waals surface area contributed by atoms with E-state index in [-0.39, 0.29) is 6.04 Å². The molecule has 0 spiro atoms. The summed E-state index contributed by atoms with van der Waals surface area (Å²) in [6, 6.07) is -0.337. The molecule has 3 nitrogen and oxygen atoms in total. The topological polar surface area (TPSA) is 49.3 Å².